The van der Waals surface area contributed by atoms with Crippen molar-refractivity contribution in [2.45, 2.75) is 45.7 Å². The summed E-state index contributed by atoms with van der Waals surface area (Å²) in [5, 5.41) is 0. The lowest BCUT2D eigenvalue weighted by Gasteiger charge is -2.29. The van der Waals surface area contributed by atoms with Crippen LogP contribution in [0.3, 0.4) is 0 Å². The molecule has 0 bridgehead atoms. The summed E-state index contributed by atoms with van der Waals surface area (Å²) in [5.41, 5.74) is 8.89. The largest absolute Gasteiger partial charge is 0.323 e. The molecule has 18 heavy (non-hydrogen) atoms. The van der Waals surface area contributed by atoms with Gasteiger partial charge in [-0.05, 0) is 45.1 Å². The summed E-state index contributed by atoms with van der Waals surface area (Å²) in [6, 6.07) is 9.34. The Kier molecular flexibility index (Phi) is 4.41. The molecule has 0 heterocycles. The van der Waals surface area contributed by atoms with Gasteiger partial charge in [0.2, 0.25) is 0 Å². The molecule has 0 aliphatic heterocycles. The van der Waals surface area contributed by atoms with Gasteiger partial charge in [-0.15, -0.1) is 0 Å². The van der Waals surface area contributed by atoms with Crippen LogP contribution in [0.15, 0.2) is 24.3 Å². The van der Waals surface area contributed by atoms with Crippen molar-refractivity contribution in [2.75, 3.05) is 13.1 Å². The lowest BCUT2D eigenvalue weighted by Crippen LogP contribution is -2.38. The average molecular weight is 246 g/mol. The molecule has 2 N–H and O–H groups in total. The fourth-order valence-electron chi connectivity index (χ4n) is 2.30. The SMILES string of the molecule is Cc1ccc(C(N)CN(CC2CC2)C(C)C)cc1. The summed E-state index contributed by atoms with van der Waals surface area (Å²) in [4.78, 5) is 2.53. The summed E-state index contributed by atoms with van der Waals surface area (Å²) >= 11 is 0. The quantitative estimate of drug-likeness (QED) is 0.835. The van der Waals surface area contributed by atoms with Crippen LogP contribution in [0.4, 0.5) is 0 Å². The summed E-state index contributed by atoms with van der Waals surface area (Å²) in [5.74, 6) is 0.928. The maximum Gasteiger partial charge on any atom is 0.0424 e. The lowest BCUT2D eigenvalue weighted by atomic mass is 10.0. The zero-order valence-electron chi connectivity index (χ0n) is 11.9. The first-order chi connectivity index (χ1) is 8.56. The first-order valence-electron chi connectivity index (χ1n) is 7.12. The normalized spacial score (nSPS) is 17.4. The zero-order chi connectivity index (χ0) is 13.1. The molecule has 2 rings (SSSR count). The summed E-state index contributed by atoms with van der Waals surface area (Å²) < 4.78 is 0. The van der Waals surface area contributed by atoms with E-state index < -0.39 is 0 Å². The highest BCUT2D eigenvalue weighted by Gasteiger charge is 2.26. The Balaban J connectivity index is 1.94. The minimum atomic E-state index is 0.131. The van der Waals surface area contributed by atoms with Crippen molar-refractivity contribution in [3.8, 4) is 0 Å². The fraction of sp³-hybridized carbons (Fsp3) is 0.625. The molecule has 0 spiro atoms. The van der Waals surface area contributed by atoms with Crippen LogP contribution in [0, 0.1) is 12.8 Å². The van der Waals surface area contributed by atoms with Crippen molar-refractivity contribution >= 4 is 0 Å². The van der Waals surface area contributed by atoms with Gasteiger partial charge in [-0.3, -0.25) is 4.90 Å². The van der Waals surface area contributed by atoms with Crippen LogP contribution in [-0.2, 0) is 0 Å². The highest BCUT2D eigenvalue weighted by atomic mass is 15.2. The van der Waals surface area contributed by atoms with E-state index >= 15 is 0 Å². The molecule has 0 saturated heterocycles. The number of hydrogen-bond donors (Lipinski definition) is 1. The zero-order valence-corrected chi connectivity index (χ0v) is 11.9. The van der Waals surface area contributed by atoms with Gasteiger partial charge >= 0.3 is 0 Å². The standard InChI is InChI=1S/C16H26N2/c1-12(2)18(10-14-6-7-14)11-16(17)15-8-4-13(3)5-9-15/h4-5,8-9,12,14,16H,6-7,10-11,17H2,1-3H3. The number of aryl methyl sites for hydroxylation is 1. The minimum absolute atomic E-state index is 0.131. The maximum atomic E-state index is 6.34. The number of rotatable bonds is 6. The van der Waals surface area contributed by atoms with E-state index in [1.54, 1.807) is 0 Å². The van der Waals surface area contributed by atoms with Crippen LogP contribution in [0.1, 0.15) is 43.9 Å². The molecule has 2 heteroatoms. The molecule has 1 aromatic rings. The van der Waals surface area contributed by atoms with Gasteiger partial charge in [0.1, 0.15) is 0 Å². The third-order valence-corrected chi connectivity index (χ3v) is 3.86. The van der Waals surface area contributed by atoms with E-state index in [1.165, 1.54) is 30.5 Å². The van der Waals surface area contributed by atoms with Crippen LogP contribution in [0.2, 0.25) is 0 Å². The Bertz CT molecular complexity index is 365. The number of nitrogens with two attached hydrogens (primary N) is 1. The molecule has 1 unspecified atom stereocenters. The average Bonchev–Trinajstić information content (AvgIpc) is 3.12. The van der Waals surface area contributed by atoms with Crippen molar-refractivity contribution in [3.05, 3.63) is 35.4 Å². The molecule has 1 fully saturated rings. The molecule has 1 atom stereocenters. The second-order valence-corrected chi connectivity index (χ2v) is 6.01. The summed E-state index contributed by atoms with van der Waals surface area (Å²) in [7, 11) is 0. The molecular weight excluding hydrogens is 220 g/mol. The number of benzene rings is 1. The van der Waals surface area contributed by atoms with E-state index in [0.29, 0.717) is 6.04 Å². The van der Waals surface area contributed by atoms with Crippen molar-refractivity contribution < 1.29 is 0 Å². The van der Waals surface area contributed by atoms with Crippen molar-refractivity contribution in [1.82, 2.24) is 4.90 Å². The molecular formula is C16H26N2. The van der Waals surface area contributed by atoms with Crippen LogP contribution < -0.4 is 5.73 Å². The van der Waals surface area contributed by atoms with Gasteiger partial charge in [0.25, 0.3) is 0 Å². The third-order valence-electron chi connectivity index (χ3n) is 3.86. The monoisotopic (exact) mass is 246 g/mol. The van der Waals surface area contributed by atoms with E-state index in [2.05, 4.69) is 49.9 Å². The van der Waals surface area contributed by atoms with E-state index in [4.69, 9.17) is 5.73 Å². The van der Waals surface area contributed by atoms with E-state index in [0.717, 1.165) is 12.5 Å². The Hall–Kier alpha value is -0.860. The Morgan fingerprint density at radius 3 is 2.33 bits per heavy atom. The molecule has 1 aliphatic rings. The first-order valence-corrected chi connectivity index (χ1v) is 7.12. The van der Waals surface area contributed by atoms with Gasteiger partial charge in [-0.1, -0.05) is 29.8 Å². The molecule has 1 aliphatic carbocycles. The highest BCUT2D eigenvalue weighted by Crippen LogP contribution is 2.30. The molecule has 1 aromatic carbocycles. The topological polar surface area (TPSA) is 29.3 Å². The molecule has 1 saturated carbocycles. The van der Waals surface area contributed by atoms with Gasteiger partial charge in [-0.25, -0.2) is 0 Å². The Morgan fingerprint density at radius 2 is 1.83 bits per heavy atom. The summed E-state index contributed by atoms with van der Waals surface area (Å²) in [6.45, 7) is 8.84. The Labute approximate surface area is 111 Å². The second kappa shape index (κ2) is 5.85. The van der Waals surface area contributed by atoms with Crippen LogP contribution >= 0.6 is 0 Å². The van der Waals surface area contributed by atoms with Crippen LogP contribution in [0.5, 0.6) is 0 Å². The second-order valence-electron chi connectivity index (χ2n) is 6.01. The van der Waals surface area contributed by atoms with Crippen LogP contribution in [-0.4, -0.2) is 24.0 Å². The smallest absolute Gasteiger partial charge is 0.0424 e. The van der Waals surface area contributed by atoms with Crippen LogP contribution in [0.25, 0.3) is 0 Å². The molecule has 100 valence electrons. The highest BCUT2D eigenvalue weighted by molar-refractivity contribution is 5.24. The molecule has 0 amide bonds. The van der Waals surface area contributed by atoms with Gasteiger partial charge in [0.15, 0.2) is 0 Å². The van der Waals surface area contributed by atoms with E-state index in [9.17, 15) is 0 Å². The van der Waals surface area contributed by atoms with Gasteiger partial charge < -0.3 is 5.73 Å². The van der Waals surface area contributed by atoms with E-state index in [-0.39, 0.29) is 6.04 Å². The Morgan fingerprint density at radius 1 is 1.22 bits per heavy atom. The molecule has 0 radical (unpaired) electrons. The van der Waals surface area contributed by atoms with Gasteiger partial charge in [-0.2, -0.15) is 0 Å². The summed E-state index contributed by atoms with van der Waals surface area (Å²) in [6.07, 6.45) is 2.81. The van der Waals surface area contributed by atoms with Crippen molar-refractivity contribution in [1.29, 1.82) is 0 Å². The molecule has 2 nitrogen and oxygen atoms in total. The predicted octanol–water partition coefficient (Wildman–Crippen LogP) is 3.12. The lowest BCUT2D eigenvalue weighted by molar-refractivity contribution is 0.200. The number of nitrogens with zero attached hydrogens (tertiary/aromatic N) is 1. The predicted molar refractivity (Wildman–Crippen MR) is 77.5 cm³/mol. The third kappa shape index (κ3) is 3.82. The first kappa shape index (κ1) is 13.6. The van der Waals surface area contributed by atoms with Gasteiger partial charge in [0, 0.05) is 25.2 Å². The van der Waals surface area contributed by atoms with Crippen molar-refractivity contribution in [3.63, 3.8) is 0 Å². The minimum Gasteiger partial charge on any atom is -0.323 e. The van der Waals surface area contributed by atoms with Gasteiger partial charge in [0.05, 0.1) is 0 Å². The van der Waals surface area contributed by atoms with E-state index in [1.807, 2.05) is 0 Å². The molecule has 0 aromatic heterocycles. The fourth-order valence-corrected chi connectivity index (χ4v) is 2.30. The number of hydrogen-bond acceptors (Lipinski definition) is 2. The maximum absolute atomic E-state index is 6.34. The van der Waals surface area contributed by atoms with Crippen molar-refractivity contribution in [2.24, 2.45) is 11.7 Å².